The second-order valence-electron chi connectivity index (χ2n) is 6.59. The number of fused-ring (bicyclic) bond motifs is 1. The second-order valence-corrected chi connectivity index (χ2v) is 6.59. The van der Waals surface area contributed by atoms with Crippen molar-refractivity contribution in [2.75, 3.05) is 25.5 Å². The molecule has 0 radical (unpaired) electrons. The Labute approximate surface area is 131 Å². The van der Waals surface area contributed by atoms with Crippen LogP contribution in [0.4, 0.5) is 5.69 Å². The standard InChI is InChI=1S/C18H23N3O/c1-21-10-7-16(8-11-21)22-18-17-12-15(20-14-4-5-14)3-2-13(17)6-9-19-18/h2-3,6,9,12,14,16,20H,4-5,7-8,10-11H2,1H3. The summed E-state index contributed by atoms with van der Waals surface area (Å²) in [7, 11) is 2.17. The van der Waals surface area contributed by atoms with E-state index in [1.54, 1.807) is 0 Å². The maximum Gasteiger partial charge on any atom is 0.221 e. The van der Waals surface area contributed by atoms with Crippen LogP contribution in [-0.2, 0) is 0 Å². The molecule has 1 aromatic heterocycles. The van der Waals surface area contributed by atoms with E-state index in [9.17, 15) is 0 Å². The van der Waals surface area contributed by atoms with Gasteiger partial charge in [-0.2, -0.15) is 0 Å². The van der Waals surface area contributed by atoms with Gasteiger partial charge in [0.05, 0.1) is 0 Å². The predicted molar refractivity (Wildman–Crippen MR) is 89.5 cm³/mol. The molecule has 0 spiro atoms. The molecule has 1 N–H and O–H groups in total. The van der Waals surface area contributed by atoms with Crippen molar-refractivity contribution in [2.45, 2.75) is 37.8 Å². The second kappa shape index (κ2) is 5.76. The molecule has 1 saturated carbocycles. The molecule has 0 unspecified atom stereocenters. The third kappa shape index (κ3) is 3.02. The van der Waals surface area contributed by atoms with Crippen LogP contribution in [0, 0.1) is 0 Å². The number of piperidine rings is 1. The van der Waals surface area contributed by atoms with Crippen LogP contribution in [0.3, 0.4) is 0 Å². The number of anilines is 1. The maximum atomic E-state index is 6.23. The molecule has 2 aliphatic rings. The molecule has 116 valence electrons. The Hall–Kier alpha value is -1.81. The van der Waals surface area contributed by atoms with Crippen molar-refractivity contribution < 1.29 is 4.74 Å². The normalized spacial score (nSPS) is 20.2. The monoisotopic (exact) mass is 297 g/mol. The molecule has 22 heavy (non-hydrogen) atoms. The van der Waals surface area contributed by atoms with Gasteiger partial charge in [0.15, 0.2) is 0 Å². The fraction of sp³-hybridized carbons (Fsp3) is 0.500. The van der Waals surface area contributed by atoms with Crippen molar-refractivity contribution >= 4 is 16.5 Å². The van der Waals surface area contributed by atoms with Crippen LogP contribution >= 0.6 is 0 Å². The Morgan fingerprint density at radius 1 is 1.14 bits per heavy atom. The van der Waals surface area contributed by atoms with Gasteiger partial charge in [-0.1, -0.05) is 6.07 Å². The number of likely N-dealkylation sites (tertiary alicyclic amines) is 1. The molecule has 4 heteroatoms. The fourth-order valence-electron chi connectivity index (χ4n) is 3.05. The summed E-state index contributed by atoms with van der Waals surface area (Å²) >= 11 is 0. The molecule has 0 bridgehead atoms. The summed E-state index contributed by atoms with van der Waals surface area (Å²) in [6.07, 6.45) is 6.85. The van der Waals surface area contributed by atoms with Gasteiger partial charge >= 0.3 is 0 Å². The minimum Gasteiger partial charge on any atom is -0.474 e. The number of pyridine rings is 1. The zero-order valence-electron chi connectivity index (χ0n) is 13.1. The number of hydrogen-bond donors (Lipinski definition) is 1. The summed E-state index contributed by atoms with van der Waals surface area (Å²) in [6.45, 7) is 2.20. The summed E-state index contributed by atoms with van der Waals surface area (Å²) in [5.41, 5.74) is 1.18. The average molecular weight is 297 g/mol. The lowest BCUT2D eigenvalue weighted by Gasteiger charge is -2.29. The van der Waals surface area contributed by atoms with Gasteiger partial charge in [0.2, 0.25) is 5.88 Å². The molecule has 1 saturated heterocycles. The SMILES string of the molecule is CN1CCC(Oc2nccc3ccc(NC4CC4)cc23)CC1. The Balaban J connectivity index is 1.58. The summed E-state index contributed by atoms with van der Waals surface area (Å²) in [4.78, 5) is 6.85. The molecule has 1 aliphatic heterocycles. The minimum absolute atomic E-state index is 0.286. The number of nitrogens with one attached hydrogen (secondary N) is 1. The quantitative estimate of drug-likeness (QED) is 0.940. The maximum absolute atomic E-state index is 6.23. The fourth-order valence-corrected chi connectivity index (χ4v) is 3.05. The van der Waals surface area contributed by atoms with E-state index >= 15 is 0 Å². The van der Waals surface area contributed by atoms with E-state index in [1.807, 2.05) is 6.20 Å². The lowest BCUT2D eigenvalue weighted by molar-refractivity contribution is 0.111. The number of rotatable bonds is 4. The van der Waals surface area contributed by atoms with Gasteiger partial charge < -0.3 is 15.0 Å². The van der Waals surface area contributed by atoms with Crippen molar-refractivity contribution in [1.29, 1.82) is 0 Å². The van der Waals surface area contributed by atoms with E-state index in [0.29, 0.717) is 6.04 Å². The van der Waals surface area contributed by atoms with Gasteiger partial charge in [0, 0.05) is 36.4 Å². The number of aromatic nitrogens is 1. The summed E-state index contributed by atoms with van der Waals surface area (Å²) in [6, 6.07) is 9.21. The smallest absolute Gasteiger partial charge is 0.221 e. The molecule has 0 atom stereocenters. The first kappa shape index (κ1) is 13.8. The van der Waals surface area contributed by atoms with E-state index in [4.69, 9.17) is 4.74 Å². The molecule has 1 aliphatic carbocycles. The molecule has 2 fully saturated rings. The van der Waals surface area contributed by atoms with Crippen LogP contribution in [0.25, 0.3) is 10.8 Å². The first-order chi connectivity index (χ1) is 10.8. The van der Waals surface area contributed by atoms with Crippen molar-refractivity contribution in [3.05, 3.63) is 30.5 Å². The van der Waals surface area contributed by atoms with Crippen molar-refractivity contribution in [2.24, 2.45) is 0 Å². The van der Waals surface area contributed by atoms with Crippen LogP contribution in [0.15, 0.2) is 30.5 Å². The van der Waals surface area contributed by atoms with Crippen molar-refractivity contribution in [3.63, 3.8) is 0 Å². The van der Waals surface area contributed by atoms with E-state index < -0.39 is 0 Å². The number of hydrogen-bond acceptors (Lipinski definition) is 4. The van der Waals surface area contributed by atoms with Gasteiger partial charge in [-0.05, 0) is 56.3 Å². The largest absolute Gasteiger partial charge is 0.474 e. The van der Waals surface area contributed by atoms with Gasteiger partial charge in [0.1, 0.15) is 6.10 Å². The van der Waals surface area contributed by atoms with Gasteiger partial charge in [-0.25, -0.2) is 4.98 Å². The third-order valence-electron chi connectivity index (χ3n) is 4.62. The number of nitrogens with zero attached hydrogens (tertiary/aromatic N) is 2. The molecular weight excluding hydrogens is 274 g/mol. The third-order valence-corrected chi connectivity index (χ3v) is 4.62. The molecule has 2 heterocycles. The van der Waals surface area contributed by atoms with Gasteiger partial charge in [-0.3, -0.25) is 0 Å². The first-order valence-electron chi connectivity index (χ1n) is 8.28. The molecule has 0 amide bonds. The van der Waals surface area contributed by atoms with Crippen molar-refractivity contribution in [3.8, 4) is 5.88 Å². The van der Waals surface area contributed by atoms with E-state index in [-0.39, 0.29) is 6.10 Å². The summed E-state index contributed by atoms with van der Waals surface area (Å²) in [5.74, 6) is 0.784. The average Bonchev–Trinajstić information content (AvgIpc) is 3.34. The molecular formula is C18H23N3O. The van der Waals surface area contributed by atoms with Crippen molar-refractivity contribution in [1.82, 2.24) is 9.88 Å². The summed E-state index contributed by atoms with van der Waals surface area (Å²) in [5, 5.41) is 5.87. The van der Waals surface area contributed by atoms with Crippen LogP contribution in [-0.4, -0.2) is 42.2 Å². The Kier molecular flexibility index (Phi) is 3.62. The molecule has 1 aromatic carbocycles. The highest BCUT2D eigenvalue weighted by Gasteiger charge is 2.22. The highest BCUT2D eigenvalue weighted by molar-refractivity contribution is 5.89. The lowest BCUT2D eigenvalue weighted by Crippen LogP contribution is -2.35. The highest BCUT2D eigenvalue weighted by atomic mass is 16.5. The van der Waals surface area contributed by atoms with Crippen LogP contribution in [0.1, 0.15) is 25.7 Å². The summed E-state index contributed by atoms with van der Waals surface area (Å²) < 4.78 is 6.23. The molecule has 4 rings (SSSR count). The van der Waals surface area contributed by atoms with Crippen LogP contribution < -0.4 is 10.1 Å². The van der Waals surface area contributed by atoms with Gasteiger partial charge in [0.25, 0.3) is 0 Å². The van der Waals surface area contributed by atoms with E-state index in [0.717, 1.165) is 37.2 Å². The predicted octanol–water partition coefficient (Wildman–Crippen LogP) is 3.28. The highest BCUT2D eigenvalue weighted by Crippen LogP contribution is 2.31. The number of ether oxygens (including phenoxy) is 1. The molecule has 2 aromatic rings. The van der Waals surface area contributed by atoms with Gasteiger partial charge in [-0.15, -0.1) is 0 Å². The van der Waals surface area contributed by atoms with Crippen LogP contribution in [0.5, 0.6) is 5.88 Å². The topological polar surface area (TPSA) is 37.4 Å². The minimum atomic E-state index is 0.286. The first-order valence-corrected chi connectivity index (χ1v) is 8.28. The van der Waals surface area contributed by atoms with Crippen LogP contribution in [0.2, 0.25) is 0 Å². The zero-order chi connectivity index (χ0) is 14.9. The van der Waals surface area contributed by atoms with E-state index in [2.05, 4.69) is 46.5 Å². The number of benzene rings is 1. The zero-order valence-corrected chi connectivity index (χ0v) is 13.1. The Morgan fingerprint density at radius 2 is 1.95 bits per heavy atom. The Morgan fingerprint density at radius 3 is 2.73 bits per heavy atom. The molecule has 4 nitrogen and oxygen atoms in total. The lowest BCUT2D eigenvalue weighted by atomic mass is 10.1. The van der Waals surface area contributed by atoms with E-state index in [1.165, 1.54) is 23.9 Å². The Bertz CT molecular complexity index is 660.